The van der Waals surface area contributed by atoms with Gasteiger partial charge in [-0.05, 0) is 49.2 Å². The first-order valence-electron chi connectivity index (χ1n) is 10.5. The first-order valence-corrected chi connectivity index (χ1v) is 11.6. The van der Waals surface area contributed by atoms with Crippen molar-refractivity contribution in [3.63, 3.8) is 0 Å². The summed E-state index contributed by atoms with van der Waals surface area (Å²) in [6.07, 6.45) is 4.76. The Hall–Kier alpha value is -2.25. The Morgan fingerprint density at radius 2 is 1.87 bits per heavy atom. The lowest BCUT2D eigenvalue weighted by molar-refractivity contribution is -0.0494. The Morgan fingerprint density at radius 3 is 2.47 bits per heavy atom. The highest BCUT2D eigenvalue weighted by Crippen LogP contribution is 2.47. The highest BCUT2D eigenvalue weighted by Gasteiger charge is 2.51. The number of methoxy groups -OCH3 is 1. The molecular formula is C23H26N2O4S. The van der Waals surface area contributed by atoms with Crippen LogP contribution in [0.5, 0.6) is 11.6 Å². The van der Waals surface area contributed by atoms with Crippen LogP contribution in [-0.2, 0) is 5.60 Å². The van der Waals surface area contributed by atoms with Crippen LogP contribution >= 0.6 is 11.8 Å². The molecule has 158 valence electrons. The zero-order valence-corrected chi connectivity index (χ0v) is 17.8. The van der Waals surface area contributed by atoms with Crippen LogP contribution in [0.25, 0.3) is 0 Å². The van der Waals surface area contributed by atoms with Crippen molar-refractivity contribution >= 4 is 17.7 Å². The summed E-state index contributed by atoms with van der Waals surface area (Å²) in [7, 11) is 1.57. The number of carbonyl (C=O) groups is 1. The molecule has 3 saturated heterocycles. The number of nitrogens with zero attached hydrogens (tertiary/aromatic N) is 2. The van der Waals surface area contributed by atoms with Gasteiger partial charge in [0, 0.05) is 53.8 Å². The number of aliphatic hydroxyl groups is 1. The van der Waals surface area contributed by atoms with Gasteiger partial charge in [-0.2, -0.15) is 11.8 Å². The predicted octanol–water partition coefficient (Wildman–Crippen LogP) is 3.24. The van der Waals surface area contributed by atoms with Crippen molar-refractivity contribution in [3.05, 3.63) is 53.7 Å². The van der Waals surface area contributed by atoms with Crippen LogP contribution in [0.1, 0.15) is 41.6 Å². The Balaban J connectivity index is 1.33. The van der Waals surface area contributed by atoms with Crippen molar-refractivity contribution in [2.24, 2.45) is 0 Å². The molecule has 1 N–H and O–H groups in total. The maximum absolute atomic E-state index is 13.3. The molecule has 0 unspecified atom stereocenters. The zero-order valence-electron chi connectivity index (χ0n) is 17.0. The minimum absolute atomic E-state index is 0.00842. The number of piperidine rings is 1. The molecular weight excluding hydrogens is 400 g/mol. The van der Waals surface area contributed by atoms with Crippen molar-refractivity contribution in [2.75, 3.05) is 18.6 Å². The number of amides is 1. The molecule has 5 rings (SSSR count). The molecule has 4 heterocycles. The van der Waals surface area contributed by atoms with E-state index in [2.05, 4.69) is 4.98 Å². The van der Waals surface area contributed by atoms with E-state index in [1.54, 1.807) is 13.3 Å². The molecule has 30 heavy (non-hydrogen) atoms. The fourth-order valence-electron chi connectivity index (χ4n) is 4.98. The number of thioether (sulfide) groups is 1. The summed E-state index contributed by atoms with van der Waals surface area (Å²) in [4.78, 5) is 19.5. The van der Waals surface area contributed by atoms with E-state index in [9.17, 15) is 9.90 Å². The average molecular weight is 427 g/mol. The Labute approximate surface area is 180 Å². The number of aromatic nitrogens is 1. The van der Waals surface area contributed by atoms with Gasteiger partial charge in [0.05, 0.1) is 12.7 Å². The van der Waals surface area contributed by atoms with Crippen LogP contribution in [0.2, 0.25) is 0 Å². The smallest absolute Gasteiger partial charge is 0.254 e. The van der Waals surface area contributed by atoms with Gasteiger partial charge >= 0.3 is 0 Å². The lowest BCUT2D eigenvalue weighted by atomic mass is 9.80. The fourth-order valence-corrected chi connectivity index (χ4v) is 5.55. The molecule has 3 fully saturated rings. The van der Waals surface area contributed by atoms with Gasteiger partial charge in [-0.3, -0.25) is 4.79 Å². The van der Waals surface area contributed by atoms with Crippen LogP contribution in [0.3, 0.4) is 0 Å². The second-order valence-electron chi connectivity index (χ2n) is 8.40. The molecule has 2 bridgehead atoms. The van der Waals surface area contributed by atoms with E-state index in [0.29, 0.717) is 29.8 Å². The predicted molar refractivity (Wildman–Crippen MR) is 115 cm³/mol. The molecule has 7 heteroatoms. The topological polar surface area (TPSA) is 71.9 Å². The van der Waals surface area contributed by atoms with Gasteiger partial charge in [-0.25, -0.2) is 4.98 Å². The van der Waals surface area contributed by atoms with Gasteiger partial charge in [0.1, 0.15) is 11.9 Å². The van der Waals surface area contributed by atoms with Crippen LogP contribution < -0.4 is 9.47 Å². The molecule has 1 amide bonds. The van der Waals surface area contributed by atoms with Gasteiger partial charge in [-0.1, -0.05) is 0 Å². The monoisotopic (exact) mass is 426 g/mol. The standard InChI is InChI=1S/C23H26N2O4S/c1-28-21-20(3-2-10-24-21)23(27)11-16-6-7-17(12-23)25(16)22(26)15-4-8-18(9-5-15)29-19-13-30-14-19/h2-5,8-10,16-17,19,27H,6-7,11-14H2,1H3/t16-,17-/m1/s1. The summed E-state index contributed by atoms with van der Waals surface area (Å²) in [6, 6.07) is 11.2. The summed E-state index contributed by atoms with van der Waals surface area (Å²) in [6.45, 7) is 0. The van der Waals surface area contributed by atoms with E-state index in [-0.39, 0.29) is 24.1 Å². The number of hydrogen-bond acceptors (Lipinski definition) is 6. The third-order valence-electron chi connectivity index (χ3n) is 6.48. The van der Waals surface area contributed by atoms with Crippen LogP contribution in [0.15, 0.2) is 42.6 Å². The van der Waals surface area contributed by atoms with E-state index in [0.717, 1.165) is 30.1 Å². The normalized spacial score (nSPS) is 28.1. The minimum atomic E-state index is -1.03. The van der Waals surface area contributed by atoms with E-state index in [1.165, 1.54) is 0 Å². The molecule has 2 atom stereocenters. The molecule has 1 aromatic heterocycles. The summed E-state index contributed by atoms with van der Waals surface area (Å²) in [5.41, 5.74) is 0.361. The number of rotatable bonds is 5. The fraction of sp³-hybridized carbons (Fsp3) is 0.478. The highest BCUT2D eigenvalue weighted by atomic mass is 32.2. The number of hydrogen-bond donors (Lipinski definition) is 1. The lowest BCUT2D eigenvalue weighted by Crippen LogP contribution is -2.52. The van der Waals surface area contributed by atoms with Gasteiger partial charge in [0.2, 0.25) is 5.88 Å². The molecule has 3 aliphatic heterocycles. The number of ether oxygens (including phenoxy) is 2. The molecule has 0 aliphatic carbocycles. The first-order chi connectivity index (χ1) is 14.6. The van der Waals surface area contributed by atoms with Gasteiger partial charge in [0.25, 0.3) is 5.91 Å². The highest BCUT2D eigenvalue weighted by molar-refractivity contribution is 8.00. The Morgan fingerprint density at radius 1 is 1.17 bits per heavy atom. The molecule has 0 spiro atoms. The lowest BCUT2D eigenvalue weighted by Gasteiger charge is -2.44. The number of benzene rings is 1. The number of fused-ring (bicyclic) bond motifs is 2. The summed E-state index contributed by atoms with van der Waals surface area (Å²) in [5.74, 6) is 3.37. The second kappa shape index (κ2) is 7.78. The van der Waals surface area contributed by atoms with E-state index < -0.39 is 5.60 Å². The van der Waals surface area contributed by atoms with Crippen LogP contribution in [-0.4, -0.2) is 57.7 Å². The summed E-state index contributed by atoms with van der Waals surface area (Å²) in [5, 5.41) is 11.5. The molecule has 0 radical (unpaired) electrons. The maximum atomic E-state index is 13.3. The van der Waals surface area contributed by atoms with E-state index >= 15 is 0 Å². The summed E-state index contributed by atoms with van der Waals surface area (Å²) < 4.78 is 11.3. The van der Waals surface area contributed by atoms with Crippen molar-refractivity contribution in [1.29, 1.82) is 0 Å². The quantitative estimate of drug-likeness (QED) is 0.792. The molecule has 3 aliphatic rings. The maximum Gasteiger partial charge on any atom is 0.254 e. The summed E-state index contributed by atoms with van der Waals surface area (Å²) >= 11 is 1.88. The minimum Gasteiger partial charge on any atom is -0.489 e. The van der Waals surface area contributed by atoms with E-state index in [4.69, 9.17) is 9.47 Å². The third-order valence-corrected chi connectivity index (χ3v) is 7.69. The SMILES string of the molecule is COc1ncccc1C1(O)C[C@H]2CC[C@H](C1)N2C(=O)c1ccc(OC2CSC2)cc1. The van der Waals surface area contributed by atoms with Crippen molar-refractivity contribution in [1.82, 2.24) is 9.88 Å². The van der Waals surface area contributed by atoms with Gasteiger partial charge in [-0.15, -0.1) is 0 Å². The largest absolute Gasteiger partial charge is 0.489 e. The zero-order chi connectivity index (χ0) is 20.7. The van der Waals surface area contributed by atoms with Crippen molar-refractivity contribution in [2.45, 2.75) is 49.5 Å². The molecule has 0 saturated carbocycles. The average Bonchev–Trinajstić information content (AvgIpc) is 3.02. The van der Waals surface area contributed by atoms with Gasteiger partial charge in [0.15, 0.2) is 0 Å². The molecule has 6 nitrogen and oxygen atoms in total. The van der Waals surface area contributed by atoms with E-state index in [1.807, 2.05) is 53.1 Å². The first kappa shape index (κ1) is 19.7. The van der Waals surface area contributed by atoms with Crippen molar-refractivity contribution in [3.8, 4) is 11.6 Å². The number of carbonyl (C=O) groups excluding carboxylic acids is 1. The number of pyridine rings is 1. The molecule has 2 aromatic rings. The second-order valence-corrected chi connectivity index (χ2v) is 9.47. The van der Waals surface area contributed by atoms with Crippen molar-refractivity contribution < 1.29 is 19.4 Å². The van der Waals surface area contributed by atoms with Gasteiger partial charge < -0.3 is 19.5 Å². The van der Waals surface area contributed by atoms with Crippen LogP contribution in [0.4, 0.5) is 0 Å². The Bertz CT molecular complexity index is 917. The molecule has 1 aromatic carbocycles. The third kappa shape index (κ3) is 3.44. The Kier molecular flexibility index (Phi) is 5.11. The van der Waals surface area contributed by atoms with Crippen LogP contribution in [0, 0.1) is 0 Å².